The highest BCUT2D eigenvalue weighted by molar-refractivity contribution is 5.43. The Labute approximate surface area is 99.1 Å². The van der Waals surface area contributed by atoms with Crippen LogP contribution in [0.1, 0.15) is 11.3 Å². The normalized spacial score (nSPS) is 9.94. The van der Waals surface area contributed by atoms with Crippen LogP contribution in [0.3, 0.4) is 0 Å². The molecule has 0 saturated heterocycles. The summed E-state index contributed by atoms with van der Waals surface area (Å²) in [7, 11) is 1.83. The van der Waals surface area contributed by atoms with Crippen molar-refractivity contribution in [1.29, 1.82) is 5.26 Å². The van der Waals surface area contributed by atoms with Crippen molar-refractivity contribution in [2.75, 3.05) is 5.32 Å². The third-order valence-electron chi connectivity index (χ3n) is 2.52. The molecule has 1 aromatic carbocycles. The van der Waals surface area contributed by atoms with Gasteiger partial charge in [-0.2, -0.15) is 5.26 Å². The van der Waals surface area contributed by atoms with E-state index in [2.05, 4.69) is 11.4 Å². The Morgan fingerprint density at radius 2 is 2.06 bits per heavy atom. The number of nitrogens with one attached hydrogen (secondary N) is 1. The molecule has 0 aliphatic carbocycles. The molecule has 0 aliphatic heterocycles. The summed E-state index contributed by atoms with van der Waals surface area (Å²) in [4.78, 5) is 0. The monoisotopic (exact) mass is 229 g/mol. The van der Waals surface area contributed by atoms with Crippen LogP contribution in [-0.2, 0) is 13.6 Å². The third-order valence-corrected chi connectivity index (χ3v) is 2.52. The Morgan fingerprint density at radius 3 is 2.65 bits per heavy atom. The standard InChI is InChI=1S/C13H12FN3/c1-17-9-10(6-13(17)7-15)8-16-12-4-2-11(14)3-5-12/h2-6,9,16H,8H2,1H3. The minimum atomic E-state index is -0.248. The van der Waals surface area contributed by atoms with Crippen LogP contribution in [0.4, 0.5) is 10.1 Å². The second kappa shape index (κ2) is 4.71. The molecule has 1 heterocycles. The lowest BCUT2D eigenvalue weighted by molar-refractivity contribution is 0.628. The topological polar surface area (TPSA) is 40.8 Å². The molecule has 0 spiro atoms. The van der Waals surface area contributed by atoms with Gasteiger partial charge in [0, 0.05) is 25.5 Å². The molecule has 86 valence electrons. The van der Waals surface area contributed by atoms with Crippen LogP contribution in [0.15, 0.2) is 36.5 Å². The molecular formula is C13H12FN3. The summed E-state index contributed by atoms with van der Waals surface area (Å²) in [5, 5.41) is 12.0. The smallest absolute Gasteiger partial charge is 0.123 e. The first-order valence-electron chi connectivity index (χ1n) is 5.24. The van der Waals surface area contributed by atoms with Crippen LogP contribution in [-0.4, -0.2) is 4.57 Å². The highest BCUT2D eigenvalue weighted by Crippen LogP contribution is 2.12. The summed E-state index contributed by atoms with van der Waals surface area (Å²) in [5.41, 5.74) is 2.50. The van der Waals surface area contributed by atoms with Gasteiger partial charge in [0.25, 0.3) is 0 Å². The Morgan fingerprint density at radius 1 is 1.35 bits per heavy atom. The molecule has 1 aromatic heterocycles. The van der Waals surface area contributed by atoms with E-state index in [1.807, 2.05) is 19.3 Å². The second-order valence-electron chi connectivity index (χ2n) is 3.82. The summed E-state index contributed by atoms with van der Waals surface area (Å²) in [6, 6.07) is 10.1. The number of aromatic nitrogens is 1. The van der Waals surface area contributed by atoms with Gasteiger partial charge in [0.2, 0.25) is 0 Å². The fourth-order valence-electron chi connectivity index (χ4n) is 1.61. The van der Waals surface area contributed by atoms with Gasteiger partial charge in [0.15, 0.2) is 0 Å². The number of nitriles is 1. The lowest BCUT2D eigenvalue weighted by Gasteiger charge is -2.04. The Bertz CT molecular complexity index is 549. The van der Waals surface area contributed by atoms with Crippen LogP contribution < -0.4 is 5.32 Å². The summed E-state index contributed by atoms with van der Waals surface area (Å²) in [6.07, 6.45) is 1.90. The molecular weight excluding hydrogens is 217 g/mol. The zero-order valence-electron chi connectivity index (χ0n) is 9.44. The average molecular weight is 229 g/mol. The highest BCUT2D eigenvalue weighted by Gasteiger charge is 2.01. The minimum Gasteiger partial charge on any atom is -0.381 e. The van der Waals surface area contributed by atoms with E-state index in [0.717, 1.165) is 11.3 Å². The second-order valence-corrected chi connectivity index (χ2v) is 3.82. The van der Waals surface area contributed by atoms with E-state index >= 15 is 0 Å². The maximum absolute atomic E-state index is 12.7. The molecule has 3 nitrogen and oxygen atoms in total. The van der Waals surface area contributed by atoms with E-state index in [9.17, 15) is 4.39 Å². The van der Waals surface area contributed by atoms with Gasteiger partial charge >= 0.3 is 0 Å². The van der Waals surface area contributed by atoms with Gasteiger partial charge in [-0.25, -0.2) is 4.39 Å². The number of aryl methyl sites for hydroxylation is 1. The number of halogens is 1. The van der Waals surface area contributed by atoms with Crippen molar-refractivity contribution in [3.8, 4) is 6.07 Å². The first-order chi connectivity index (χ1) is 8.19. The quantitative estimate of drug-likeness (QED) is 0.879. The molecule has 0 atom stereocenters. The predicted octanol–water partition coefficient (Wildman–Crippen LogP) is 2.65. The fraction of sp³-hybridized carbons (Fsp3) is 0.154. The molecule has 0 saturated carbocycles. The largest absolute Gasteiger partial charge is 0.381 e. The number of rotatable bonds is 3. The maximum atomic E-state index is 12.7. The summed E-state index contributed by atoms with van der Waals surface area (Å²) in [6.45, 7) is 0.612. The molecule has 0 amide bonds. The van der Waals surface area contributed by atoms with Gasteiger partial charge in [0.1, 0.15) is 17.6 Å². The van der Waals surface area contributed by atoms with E-state index in [4.69, 9.17) is 5.26 Å². The first kappa shape index (κ1) is 11.2. The van der Waals surface area contributed by atoms with Crippen LogP contribution >= 0.6 is 0 Å². The van der Waals surface area contributed by atoms with Crippen molar-refractivity contribution in [2.45, 2.75) is 6.54 Å². The molecule has 4 heteroatoms. The van der Waals surface area contributed by atoms with Crippen molar-refractivity contribution in [3.05, 3.63) is 53.6 Å². The van der Waals surface area contributed by atoms with Gasteiger partial charge in [-0.1, -0.05) is 0 Å². The van der Waals surface area contributed by atoms with E-state index in [-0.39, 0.29) is 5.82 Å². The summed E-state index contributed by atoms with van der Waals surface area (Å²) < 4.78 is 14.5. The van der Waals surface area contributed by atoms with Crippen molar-refractivity contribution in [2.24, 2.45) is 7.05 Å². The first-order valence-corrected chi connectivity index (χ1v) is 5.24. The van der Waals surface area contributed by atoms with Gasteiger partial charge in [-0.15, -0.1) is 0 Å². The zero-order valence-corrected chi connectivity index (χ0v) is 9.44. The molecule has 0 radical (unpaired) electrons. The van der Waals surface area contributed by atoms with Crippen LogP contribution in [0.2, 0.25) is 0 Å². The number of hydrogen-bond acceptors (Lipinski definition) is 2. The molecule has 2 rings (SSSR count). The van der Waals surface area contributed by atoms with Crippen molar-refractivity contribution >= 4 is 5.69 Å². The Kier molecular flexibility index (Phi) is 3.10. The minimum absolute atomic E-state index is 0.248. The number of benzene rings is 1. The molecule has 17 heavy (non-hydrogen) atoms. The van der Waals surface area contributed by atoms with Crippen molar-refractivity contribution in [1.82, 2.24) is 4.57 Å². The number of hydrogen-bond donors (Lipinski definition) is 1. The molecule has 0 aliphatic rings. The van der Waals surface area contributed by atoms with E-state index in [1.165, 1.54) is 12.1 Å². The number of nitrogens with zero attached hydrogens (tertiary/aromatic N) is 2. The maximum Gasteiger partial charge on any atom is 0.123 e. The lowest BCUT2D eigenvalue weighted by atomic mass is 10.2. The highest BCUT2D eigenvalue weighted by atomic mass is 19.1. The SMILES string of the molecule is Cn1cc(CNc2ccc(F)cc2)cc1C#N. The van der Waals surface area contributed by atoms with Crippen LogP contribution in [0, 0.1) is 17.1 Å². The van der Waals surface area contributed by atoms with E-state index < -0.39 is 0 Å². The average Bonchev–Trinajstić information content (AvgIpc) is 2.69. The van der Waals surface area contributed by atoms with Gasteiger partial charge in [0.05, 0.1) is 0 Å². The molecule has 0 bridgehead atoms. The lowest BCUT2D eigenvalue weighted by Crippen LogP contribution is -1.98. The summed E-state index contributed by atoms with van der Waals surface area (Å²) in [5.74, 6) is -0.248. The molecule has 2 aromatic rings. The summed E-state index contributed by atoms with van der Waals surface area (Å²) >= 11 is 0. The Balaban J connectivity index is 2.02. The van der Waals surface area contributed by atoms with E-state index in [1.54, 1.807) is 16.7 Å². The van der Waals surface area contributed by atoms with Crippen molar-refractivity contribution in [3.63, 3.8) is 0 Å². The fourth-order valence-corrected chi connectivity index (χ4v) is 1.61. The third kappa shape index (κ3) is 2.64. The zero-order chi connectivity index (χ0) is 12.3. The van der Waals surface area contributed by atoms with Gasteiger partial charge < -0.3 is 9.88 Å². The Hall–Kier alpha value is -2.28. The molecule has 0 unspecified atom stereocenters. The van der Waals surface area contributed by atoms with Gasteiger partial charge in [-0.05, 0) is 35.9 Å². The number of anilines is 1. The van der Waals surface area contributed by atoms with Crippen molar-refractivity contribution < 1.29 is 4.39 Å². The predicted molar refractivity (Wildman–Crippen MR) is 63.9 cm³/mol. The van der Waals surface area contributed by atoms with Gasteiger partial charge in [-0.3, -0.25) is 0 Å². The van der Waals surface area contributed by atoms with Crippen LogP contribution in [0.25, 0.3) is 0 Å². The van der Waals surface area contributed by atoms with E-state index in [0.29, 0.717) is 12.2 Å². The van der Waals surface area contributed by atoms with Crippen LogP contribution in [0.5, 0.6) is 0 Å². The molecule has 1 N–H and O–H groups in total. The molecule has 0 fully saturated rings.